The first-order chi connectivity index (χ1) is 10.8. The van der Waals surface area contributed by atoms with Crippen LogP contribution in [0.15, 0.2) is 52.8 Å². The minimum absolute atomic E-state index is 0.894. The number of hydrogen-bond donors (Lipinski definition) is 0. The molecule has 3 rings (SSSR count). The Morgan fingerprint density at radius 2 is 1.91 bits per heavy atom. The van der Waals surface area contributed by atoms with Crippen LogP contribution < -0.4 is 4.74 Å². The van der Waals surface area contributed by atoms with Gasteiger partial charge >= 0.3 is 0 Å². The molecule has 0 aliphatic heterocycles. The Morgan fingerprint density at radius 1 is 1.14 bits per heavy atom. The molecule has 1 aromatic carbocycles. The Hall–Kier alpha value is -1.59. The summed E-state index contributed by atoms with van der Waals surface area (Å²) in [7, 11) is 1.69. The predicted octanol–water partition coefficient (Wildman–Crippen LogP) is 4.38. The second kappa shape index (κ2) is 6.67. The standard InChI is InChI=1S/C17H18N2OS2/c1-20-13-6-4-12(5-7-13)10-14-16(21-2)15-11-18-8-9-19(15)17(14)22-3/h4-9,11H,10H2,1-3H3. The van der Waals surface area contributed by atoms with Crippen molar-refractivity contribution < 1.29 is 4.74 Å². The fourth-order valence-electron chi connectivity index (χ4n) is 2.66. The number of hydrogen-bond acceptors (Lipinski definition) is 4. The maximum Gasteiger partial charge on any atom is 0.118 e. The van der Waals surface area contributed by atoms with Crippen molar-refractivity contribution in [3.63, 3.8) is 0 Å². The van der Waals surface area contributed by atoms with Crippen molar-refractivity contribution in [1.29, 1.82) is 0 Å². The second-order valence-corrected chi connectivity index (χ2v) is 6.49. The second-order valence-electron chi connectivity index (χ2n) is 4.88. The SMILES string of the molecule is COc1ccc(Cc2c(SC)c3cnccn3c2SC)cc1. The van der Waals surface area contributed by atoms with Crippen LogP contribution in [0.5, 0.6) is 5.75 Å². The maximum atomic E-state index is 5.24. The Balaban J connectivity index is 2.08. The van der Waals surface area contributed by atoms with Gasteiger partial charge in [0.15, 0.2) is 0 Å². The minimum atomic E-state index is 0.894. The van der Waals surface area contributed by atoms with Gasteiger partial charge in [-0.15, -0.1) is 23.5 Å². The fraction of sp³-hybridized carbons (Fsp3) is 0.235. The van der Waals surface area contributed by atoms with Crippen LogP contribution in [0.2, 0.25) is 0 Å². The van der Waals surface area contributed by atoms with Crippen LogP contribution in [0.25, 0.3) is 5.52 Å². The summed E-state index contributed by atoms with van der Waals surface area (Å²) >= 11 is 3.57. The van der Waals surface area contributed by atoms with Gasteiger partial charge in [-0.3, -0.25) is 4.98 Å². The molecule has 0 spiro atoms. The van der Waals surface area contributed by atoms with Gasteiger partial charge in [0, 0.05) is 29.3 Å². The summed E-state index contributed by atoms with van der Waals surface area (Å²) in [6.07, 6.45) is 11.0. The molecule has 0 aliphatic rings. The average molecular weight is 330 g/mol. The lowest BCUT2D eigenvalue weighted by molar-refractivity contribution is 0.414. The van der Waals surface area contributed by atoms with E-state index in [2.05, 4.69) is 34.0 Å². The van der Waals surface area contributed by atoms with Gasteiger partial charge in [0.05, 0.1) is 23.8 Å². The third-order valence-corrected chi connectivity index (χ3v) is 5.37. The number of ether oxygens (including phenoxy) is 1. The molecule has 3 aromatic rings. The highest BCUT2D eigenvalue weighted by Gasteiger charge is 2.17. The lowest BCUT2D eigenvalue weighted by Crippen LogP contribution is -1.92. The van der Waals surface area contributed by atoms with Gasteiger partial charge in [0.25, 0.3) is 0 Å². The molecule has 2 heterocycles. The molecule has 0 unspecified atom stereocenters. The first-order valence-corrected chi connectivity index (χ1v) is 9.41. The van der Waals surface area contributed by atoms with E-state index in [1.165, 1.54) is 26.6 Å². The summed E-state index contributed by atoms with van der Waals surface area (Å²) in [5.74, 6) is 0.894. The van der Waals surface area contributed by atoms with Crippen LogP contribution in [-0.4, -0.2) is 29.0 Å². The molecule has 114 valence electrons. The number of methoxy groups -OCH3 is 1. The number of nitrogens with zero attached hydrogens (tertiary/aromatic N) is 2. The third kappa shape index (κ3) is 2.71. The van der Waals surface area contributed by atoms with Crippen LogP contribution >= 0.6 is 23.5 Å². The molecule has 2 aromatic heterocycles. The van der Waals surface area contributed by atoms with Crippen LogP contribution in [0, 0.1) is 0 Å². The number of rotatable bonds is 5. The molecule has 0 atom stereocenters. The Bertz CT molecular complexity index is 740. The topological polar surface area (TPSA) is 26.5 Å². The van der Waals surface area contributed by atoms with Crippen molar-refractivity contribution >= 4 is 29.0 Å². The number of benzene rings is 1. The summed E-state index contributed by atoms with van der Waals surface area (Å²) in [6, 6.07) is 8.30. The van der Waals surface area contributed by atoms with E-state index < -0.39 is 0 Å². The van der Waals surface area contributed by atoms with E-state index in [4.69, 9.17) is 4.74 Å². The van der Waals surface area contributed by atoms with Crippen molar-refractivity contribution in [3.05, 3.63) is 54.0 Å². The Morgan fingerprint density at radius 3 is 2.55 bits per heavy atom. The van der Waals surface area contributed by atoms with Crippen molar-refractivity contribution in [2.45, 2.75) is 16.3 Å². The number of fused-ring (bicyclic) bond motifs is 1. The molecule has 0 aliphatic carbocycles. The van der Waals surface area contributed by atoms with E-state index >= 15 is 0 Å². The summed E-state index contributed by atoms with van der Waals surface area (Å²) in [5.41, 5.74) is 3.84. The highest BCUT2D eigenvalue weighted by Crippen LogP contribution is 2.37. The van der Waals surface area contributed by atoms with Crippen molar-refractivity contribution in [2.24, 2.45) is 0 Å². The third-order valence-electron chi connectivity index (χ3n) is 3.68. The lowest BCUT2D eigenvalue weighted by atomic mass is 10.1. The highest BCUT2D eigenvalue weighted by atomic mass is 32.2. The van der Waals surface area contributed by atoms with Crippen LogP contribution in [0.3, 0.4) is 0 Å². The molecule has 3 nitrogen and oxygen atoms in total. The van der Waals surface area contributed by atoms with Crippen molar-refractivity contribution in [2.75, 3.05) is 19.6 Å². The van der Waals surface area contributed by atoms with Crippen molar-refractivity contribution in [3.8, 4) is 5.75 Å². The number of thioether (sulfide) groups is 2. The molecular formula is C17H18N2OS2. The monoisotopic (exact) mass is 330 g/mol. The Labute approximate surface area is 139 Å². The van der Waals surface area contributed by atoms with Gasteiger partial charge in [-0.2, -0.15) is 0 Å². The van der Waals surface area contributed by atoms with Gasteiger partial charge < -0.3 is 9.14 Å². The van der Waals surface area contributed by atoms with E-state index in [-0.39, 0.29) is 0 Å². The quantitative estimate of drug-likeness (QED) is 0.649. The fourth-order valence-corrected chi connectivity index (χ4v) is 4.27. The van der Waals surface area contributed by atoms with Gasteiger partial charge in [-0.25, -0.2) is 0 Å². The molecule has 0 saturated carbocycles. The van der Waals surface area contributed by atoms with Crippen LogP contribution in [0.4, 0.5) is 0 Å². The molecule has 0 N–H and O–H groups in total. The molecular weight excluding hydrogens is 312 g/mol. The van der Waals surface area contributed by atoms with Gasteiger partial charge in [0.1, 0.15) is 5.75 Å². The summed E-state index contributed by atoms with van der Waals surface area (Å²) in [5, 5.41) is 1.29. The average Bonchev–Trinajstić information content (AvgIpc) is 2.87. The predicted molar refractivity (Wildman–Crippen MR) is 94.6 cm³/mol. The molecule has 22 heavy (non-hydrogen) atoms. The largest absolute Gasteiger partial charge is 0.497 e. The van der Waals surface area contributed by atoms with Crippen LogP contribution in [0.1, 0.15) is 11.1 Å². The first kappa shape index (κ1) is 15.3. The molecule has 0 fully saturated rings. The normalized spacial score (nSPS) is 11.0. The maximum absolute atomic E-state index is 5.24. The van der Waals surface area contributed by atoms with E-state index in [0.717, 1.165) is 12.2 Å². The van der Waals surface area contributed by atoms with E-state index in [9.17, 15) is 0 Å². The smallest absolute Gasteiger partial charge is 0.118 e. The van der Waals surface area contributed by atoms with E-state index in [1.807, 2.05) is 30.7 Å². The summed E-state index contributed by atoms with van der Waals surface area (Å²) in [6.45, 7) is 0. The minimum Gasteiger partial charge on any atom is -0.497 e. The molecule has 5 heteroatoms. The zero-order valence-corrected chi connectivity index (χ0v) is 14.5. The zero-order chi connectivity index (χ0) is 15.5. The molecule has 0 saturated heterocycles. The van der Waals surface area contributed by atoms with Crippen molar-refractivity contribution in [1.82, 2.24) is 9.38 Å². The number of aromatic nitrogens is 2. The van der Waals surface area contributed by atoms with Gasteiger partial charge in [0.2, 0.25) is 0 Å². The van der Waals surface area contributed by atoms with Gasteiger partial charge in [-0.05, 0) is 30.2 Å². The molecule has 0 amide bonds. The zero-order valence-electron chi connectivity index (χ0n) is 12.9. The summed E-state index contributed by atoms with van der Waals surface area (Å²) < 4.78 is 7.48. The summed E-state index contributed by atoms with van der Waals surface area (Å²) in [4.78, 5) is 5.59. The van der Waals surface area contributed by atoms with E-state index in [0.29, 0.717) is 0 Å². The van der Waals surface area contributed by atoms with Gasteiger partial charge in [-0.1, -0.05) is 12.1 Å². The van der Waals surface area contributed by atoms with Crippen LogP contribution in [-0.2, 0) is 6.42 Å². The first-order valence-electron chi connectivity index (χ1n) is 6.96. The van der Waals surface area contributed by atoms with E-state index in [1.54, 1.807) is 30.6 Å². The highest BCUT2D eigenvalue weighted by molar-refractivity contribution is 7.99. The lowest BCUT2D eigenvalue weighted by Gasteiger charge is -2.06. The Kier molecular flexibility index (Phi) is 4.64. The molecule has 0 radical (unpaired) electrons. The molecule has 0 bridgehead atoms.